The van der Waals surface area contributed by atoms with E-state index in [4.69, 9.17) is 0 Å². The molecule has 0 unspecified atom stereocenters. The van der Waals surface area contributed by atoms with Gasteiger partial charge in [-0.05, 0) is 35.9 Å². The Hall–Kier alpha value is -2.83. The molecule has 1 N–H and O–H groups in total. The van der Waals surface area contributed by atoms with Crippen molar-refractivity contribution in [1.82, 2.24) is 4.98 Å². The van der Waals surface area contributed by atoms with Crippen LogP contribution in [0, 0.1) is 0 Å². The maximum atomic E-state index is 12.0. The number of nitrogens with zero attached hydrogens (tertiary/aromatic N) is 1. The van der Waals surface area contributed by atoms with E-state index in [1.54, 1.807) is 24.5 Å². The molecular weight excluding hydrogens is 297 g/mol. The molecule has 0 aliphatic carbocycles. The summed E-state index contributed by atoms with van der Waals surface area (Å²) in [6, 6.07) is 8.44. The SMILES string of the molecule is O=C(/C=C/c1ccc(OC(F)(F)F)cc1)Nc1ccncc1. The number of ether oxygens (including phenoxy) is 1. The Labute approximate surface area is 124 Å². The van der Waals surface area contributed by atoms with E-state index >= 15 is 0 Å². The molecule has 0 bridgehead atoms. The van der Waals surface area contributed by atoms with Crippen LogP contribution >= 0.6 is 0 Å². The number of aromatic nitrogens is 1. The van der Waals surface area contributed by atoms with Gasteiger partial charge in [-0.15, -0.1) is 13.2 Å². The van der Waals surface area contributed by atoms with E-state index in [2.05, 4.69) is 15.0 Å². The summed E-state index contributed by atoms with van der Waals surface area (Å²) in [5.74, 6) is -0.673. The standard InChI is InChI=1S/C15H11F3N2O2/c16-15(17,18)22-13-4-1-11(2-5-13)3-6-14(21)20-12-7-9-19-10-8-12/h1-10H,(H,19,20,21)/b6-3+. The van der Waals surface area contributed by atoms with Gasteiger partial charge in [-0.3, -0.25) is 9.78 Å². The fourth-order valence-electron chi connectivity index (χ4n) is 1.57. The number of rotatable bonds is 4. The molecule has 2 aromatic rings. The third kappa shape index (κ3) is 5.28. The Balaban J connectivity index is 1.94. The van der Waals surface area contributed by atoms with Gasteiger partial charge in [0.05, 0.1) is 0 Å². The largest absolute Gasteiger partial charge is 0.573 e. The van der Waals surface area contributed by atoms with Crippen molar-refractivity contribution in [3.8, 4) is 5.75 Å². The maximum absolute atomic E-state index is 12.0. The van der Waals surface area contributed by atoms with Crippen LogP contribution in [-0.4, -0.2) is 17.3 Å². The van der Waals surface area contributed by atoms with Crippen molar-refractivity contribution in [2.24, 2.45) is 0 Å². The van der Waals surface area contributed by atoms with Crippen LogP contribution in [0.2, 0.25) is 0 Å². The first-order valence-corrected chi connectivity index (χ1v) is 6.17. The van der Waals surface area contributed by atoms with Crippen molar-refractivity contribution in [3.05, 3.63) is 60.4 Å². The van der Waals surface area contributed by atoms with Crippen LogP contribution < -0.4 is 10.1 Å². The Morgan fingerprint density at radius 1 is 1.09 bits per heavy atom. The molecule has 2 rings (SSSR count). The zero-order valence-corrected chi connectivity index (χ0v) is 11.2. The van der Waals surface area contributed by atoms with E-state index in [9.17, 15) is 18.0 Å². The number of pyridine rings is 1. The monoisotopic (exact) mass is 308 g/mol. The highest BCUT2D eigenvalue weighted by Gasteiger charge is 2.30. The highest BCUT2D eigenvalue weighted by Crippen LogP contribution is 2.22. The summed E-state index contributed by atoms with van der Waals surface area (Å²) in [6.45, 7) is 0. The number of carbonyl (C=O) groups excluding carboxylic acids is 1. The Morgan fingerprint density at radius 3 is 2.32 bits per heavy atom. The quantitative estimate of drug-likeness (QED) is 0.878. The van der Waals surface area contributed by atoms with Crippen LogP contribution in [-0.2, 0) is 4.79 Å². The van der Waals surface area contributed by atoms with Crippen LogP contribution in [0.1, 0.15) is 5.56 Å². The molecule has 1 aromatic carbocycles. The number of amides is 1. The van der Waals surface area contributed by atoms with E-state index < -0.39 is 6.36 Å². The molecule has 1 heterocycles. The Morgan fingerprint density at radius 2 is 1.73 bits per heavy atom. The summed E-state index contributed by atoms with van der Waals surface area (Å²) >= 11 is 0. The Kier molecular flexibility index (Phi) is 4.77. The molecule has 1 amide bonds. The summed E-state index contributed by atoms with van der Waals surface area (Å²) < 4.78 is 39.8. The minimum absolute atomic E-state index is 0.314. The fourth-order valence-corrected chi connectivity index (χ4v) is 1.57. The van der Waals surface area contributed by atoms with E-state index in [1.807, 2.05) is 0 Å². The van der Waals surface area contributed by atoms with Crippen LogP contribution in [0.4, 0.5) is 18.9 Å². The van der Waals surface area contributed by atoms with Crippen LogP contribution in [0.3, 0.4) is 0 Å². The number of anilines is 1. The van der Waals surface area contributed by atoms with Gasteiger partial charge in [0.1, 0.15) is 5.75 Å². The average molecular weight is 308 g/mol. The van der Waals surface area contributed by atoms with Crippen molar-refractivity contribution in [2.75, 3.05) is 5.32 Å². The van der Waals surface area contributed by atoms with Gasteiger partial charge >= 0.3 is 6.36 Å². The van der Waals surface area contributed by atoms with Gasteiger partial charge in [0.25, 0.3) is 0 Å². The van der Waals surface area contributed by atoms with Gasteiger partial charge in [0, 0.05) is 24.2 Å². The molecule has 0 saturated heterocycles. The highest BCUT2D eigenvalue weighted by atomic mass is 19.4. The summed E-state index contributed by atoms with van der Waals surface area (Å²) in [7, 11) is 0. The van der Waals surface area contributed by atoms with Gasteiger partial charge < -0.3 is 10.1 Å². The number of hydrogen-bond donors (Lipinski definition) is 1. The number of alkyl halides is 3. The predicted molar refractivity (Wildman–Crippen MR) is 75.0 cm³/mol. The second-order valence-electron chi connectivity index (χ2n) is 4.18. The zero-order chi connectivity index (χ0) is 16.0. The first-order chi connectivity index (χ1) is 10.4. The number of hydrogen-bond acceptors (Lipinski definition) is 3. The number of nitrogens with one attached hydrogen (secondary N) is 1. The fraction of sp³-hybridized carbons (Fsp3) is 0.0667. The lowest BCUT2D eigenvalue weighted by atomic mass is 10.2. The van der Waals surface area contributed by atoms with E-state index in [0.717, 1.165) is 0 Å². The smallest absolute Gasteiger partial charge is 0.406 e. The van der Waals surface area contributed by atoms with Gasteiger partial charge in [-0.25, -0.2) is 0 Å². The average Bonchev–Trinajstić information content (AvgIpc) is 2.46. The lowest BCUT2D eigenvalue weighted by molar-refractivity contribution is -0.274. The molecule has 0 atom stereocenters. The summed E-state index contributed by atoms with van der Waals surface area (Å²) in [5, 5.41) is 2.62. The summed E-state index contributed by atoms with van der Waals surface area (Å²) in [5.41, 5.74) is 1.16. The van der Waals surface area contributed by atoms with E-state index in [1.165, 1.54) is 36.4 Å². The second kappa shape index (κ2) is 6.75. The van der Waals surface area contributed by atoms with Gasteiger partial charge in [0.2, 0.25) is 5.91 Å². The summed E-state index contributed by atoms with van der Waals surface area (Å²) in [6.07, 6.45) is 1.12. The van der Waals surface area contributed by atoms with E-state index in [0.29, 0.717) is 11.3 Å². The zero-order valence-electron chi connectivity index (χ0n) is 11.2. The first-order valence-electron chi connectivity index (χ1n) is 6.17. The van der Waals surface area contributed by atoms with Gasteiger partial charge in [0.15, 0.2) is 0 Å². The third-order valence-electron chi connectivity index (χ3n) is 2.49. The third-order valence-corrected chi connectivity index (χ3v) is 2.49. The van der Waals surface area contributed by atoms with Gasteiger partial charge in [-0.2, -0.15) is 0 Å². The van der Waals surface area contributed by atoms with Gasteiger partial charge in [-0.1, -0.05) is 12.1 Å². The van der Waals surface area contributed by atoms with Crippen molar-refractivity contribution < 1.29 is 22.7 Å². The molecule has 0 radical (unpaired) electrons. The molecule has 0 fully saturated rings. The first kappa shape index (κ1) is 15.6. The molecule has 22 heavy (non-hydrogen) atoms. The molecule has 0 aliphatic heterocycles. The predicted octanol–water partition coefficient (Wildman–Crippen LogP) is 3.63. The number of carbonyl (C=O) groups is 1. The summed E-state index contributed by atoms with van der Waals surface area (Å²) in [4.78, 5) is 15.5. The van der Waals surface area contributed by atoms with Crippen molar-refractivity contribution in [2.45, 2.75) is 6.36 Å². The molecular formula is C15H11F3N2O2. The van der Waals surface area contributed by atoms with Crippen molar-refractivity contribution >= 4 is 17.7 Å². The number of benzene rings is 1. The van der Waals surface area contributed by atoms with Crippen LogP contribution in [0.15, 0.2) is 54.9 Å². The lowest BCUT2D eigenvalue weighted by Gasteiger charge is -2.08. The van der Waals surface area contributed by atoms with E-state index in [-0.39, 0.29) is 11.7 Å². The highest BCUT2D eigenvalue weighted by molar-refractivity contribution is 6.01. The van der Waals surface area contributed by atoms with Crippen LogP contribution in [0.5, 0.6) is 5.75 Å². The molecule has 114 valence electrons. The minimum Gasteiger partial charge on any atom is -0.406 e. The molecule has 7 heteroatoms. The Bertz CT molecular complexity index is 653. The lowest BCUT2D eigenvalue weighted by Crippen LogP contribution is -2.16. The van der Waals surface area contributed by atoms with Crippen LogP contribution in [0.25, 0.3) is 6.08 Å². The normalized spacial score (nSPS) is 11.4. The maximum Gasteiger partial charge on any atom is 0.573 e. The molecule has 0 spiro atoms. The molecule has 4 nitrogen and oxygen atoms in total. The molecule has 0 aliphatic rings. The minimum atomic E-state index is -4.72. The topological polar surface area (TPSA) is 51.2 Å². The molecule has 0 saturated carbocycles. The van der Waals surface area contributed by atoms with Crippen molar-refractivity contribution in [3.63, 3.8) is 0 Å². The molecule has 1 aromatic heterocycles. The van der Waals surface area contributed by atoms with Crippen molar-refractivity contribution in [1.29, 1.82) is 0 Å². The number of halogens is 3. The second-order valence-corrected chi connectivity index (χ2v) is 4.18.